The molecule has 15 nitrogen and oxygen atoms in total. The number of hydrogen-bond acceptors (Lipinski definition) is 13. The van der Waals surface area contributed by atoms with Crippen LogP contribution in [-0.2, 0) is 4.74 Å². The highest BCUT2D eigenvalue weighted by Gasteiger charge is 2.48. The normalized spacial score (nSPS) is 24.9. The molecule has 7 atom stereocenters. The van der Waals surface area contributed by atoms with Gasteiger partial charge in [0, 0.05) is 11.8 Å². The Bertz CT molecular complexity index is 2170. The molecule has 0 aromatic heterocycles. The molecule has 7 rings (SSSR count). The third-order valence-electron chi connectivity index (χ3n) is 9.60. The molecule has 0 bridgehead atoms. The van der Waals surface area contributed by atoms with Gasteiger partial charge in [0.15, 0.2) is 0 Å². The number of carboxylic acids is 2. The predicted octanol–water partition coefficient (Wildman–Crippen LogP) is 1.43. The zero-order chi connectivity index (χ0) is 36.6. The highest BCUT2D eigenvalue weighted by molar-refractivity contribution is 6.18. The molecule has 0 radical (unpaired) electrons. The van der Waals surface area contributed by atoms with Crippen LogP contribution in [0.3, 0.4) is 0 Å². The Morgan fingerprint density at radius 2 is 1.12 bits per heavy atom. The van der Waals surface area contributed by atoms with E-state index in [1.807, 2.05) is 0 Å². The zero-order valence-electron chi connectivity index (χ0n) is 26.0. The minimum atomic E-state index is -1.88. The van der Waals surface area contributed by atoms with Gasteiger partial charge in [0.05, 0.1) is 40.0 Å². The second-order valence-electron chi connectivity index (χ2n) is 12.4. The van der Waals surface area contributed by atoms with Crippen LogP contribution in [0.4, 0.5) is 0 Å². The Labute approximate surface area is 286 Å². The van der Waals surface area contributed by atoms with E-state index in [0.717, 1.165) is 24.3 Å². The van der Waals surface area contributed by atoms with Gasteiger partial charge >= 0.3 is 11.9 Å². The zero-order valence-corrected chi connectivity index (χ0v) is 26.0. The number of ketones is 2. The van der Waals surface area contributed by atoms with Gasteiger partial charge in [-0.15, -0.1) is 0 Å². The Hall–Kier alpha value is -5.84. The molecule has 0 amide bonds. The van der Waals surface area contributed by atoms with Crippen LogP contribution in [0.15, 0.2) is 60.7 Å². The first-order valence-electron chi connectivity index (χ1n) is 15.5. The number of benzene rings is 4. The van der Waals surface area contributed by atoms with Crippen LogP contribution < -0.4 is 4.74 Å². The molecule has 0 saturated carbocycles. The molecule has 4 aromatic rings. The molecule has 0 spiro atoms. The maximum Gasteiger partial charge on any atom is 0.335 e. The van der Waals surface area contributed by atoms with Crippen LogP contribution in [0.25, 0.3) is 0 Å². The van der Waals surface area contributed by atoms with E-state index in [1.165, 1.54) is 36.4 Å². The summed E-state index contributed by atoms with van der Waals surface area (Å²) in [4.78, 5) is 52.6. The minimum absolute atomic E-state index is 0.0489. The quantitative estimate of drug-likeness (QED) is 0.138. The molecule has 1 aliphatic heterocycles. The van der Waals surface area contributed by atoms with Gasteiger partial charge in [-0.25, -0.2) is 9.59 Å². The van der Waals surface area contributed by atoms with Crippen LogP contribution >= 0.6 is 0 Å². The number of carbonyl (C=O) groups is 4. The van der Waals surface area contributed by atoms with E-state index < -0.39 is 101 Å². The average molecular weight is 701 g/mol. The van der Waals surface area contributed by atoms with Crippen molar-refractivity contribution in [2.24, 2.45) is 0 Å². The molecular weight excluding hydrogens is 672 g/mol. The first-order chi connectivity index (χ1) is 24.2. The van der Waals surface area contributed by atoms with E-state index in [0.29, 0.717) is 0 Å². The van der Waals surface area contributed by atoms with E-state index in [4.69, 9.17) is 9.47 Å². The van der Waals surface area contributed by atoms with Crippen molar-refractivity contribution in [2.75, 3.05) is 6.61 Å². The van der Waals surface area contributed by atoms with Gasteiger partial charge in [0.25, 0.3) is 0 Å². The molecule has 1 saturated heterocycles. The van der Waals surface area contributed by atoms with E-state index >= 15 is 0 Å². The van der Waals surface area contributed by atoms with Crippen LogP contribution in [0.2, 0.25) is 0 Å². The summed E-state index contributed by atoms with van der Waals surface area (Å²) in [5.41, 5.74) is -1.98. The fourth-order valence-electron chi connectivity index (χ4n) is 7.34. The lowest BCUT2D eigenvalue weighted by atomic mass is 9.63. The van der Waals surface area contributed by atoms with Crippen molar-refractivity contribution in [3.05, 3.63) is 116 Å². The van der Waals surface area contributed by atoms with Gasteiger partial charge in [-0.05, 0) is 58.7 Å². The minimum Gasteiger partial charge on any atom is -0.507 e. The van der Waals surface area contributed by atoms with E-state index in [-0.39, 0.29) is 50.3 Å². The van der Waals surface area contributed by atoms with Crippen LogP contribution in [-0.4, -0.2) is 107 Å². The van der Waals surface area contributed by atoms with Crippen molar-refractivity contribution in [1.82, 2.24) is 0 Å². The molecule has 3 aliphatic rings. The number of phenols is 3. The molecule has 1 heterocycles. The number of phenolic OH excluding ortho intramolecular Hbond substituents is 3. The first kappa shape index (κ1) is 33.6. The average Bonchev–Trinajstić information content (AvgIpc) is 3.08. The van der Waals surface area contributed by atoms with E-state index in [9.17, 15) is 65.1 Å². The van der Waals surface area contributed by atoms with Crippen LogP contribution in [0.5, 0.6) is 23.0 Å². The molecule has 15 heteroatoms. The second-order valence-corrected chi connectivity index (χ2v) is 12.4. The summed E-state index contributed by atoms with van der Waals surface area (Å²) < 4.78 is 11.4. The number of aromatic carboxylic acids is 2. The van der Waals surface area contributed by atoms with Gasteiger partial charge in [-0.1, -0.05) is 24.3 Å². The number of hydrogen-bond donors (Lipinski definition) is 9. The highest BCUT2D eigenvalue weighted by Crippen LogP contribution is 2.56. The summed E-state index contributed by atoms with van der Waals surface area (Å²) in [5.74, 6) is -9.35. The molecule has 1 fully saturated rings. The van der Waals surface area contributed by atoms with E-state index in [1.54, 1.807) is 0 Å². The van der Waals surface area contributed by atoms with Crippen LogP contribution in [0.1, 0.15) is 86.6 Å². The SMILES string of the molecule is O=C(O)c1cc(O)c2c(c1)[C@H]([C@@H]1c3cc(C(=O)O)cc(O)c3C(=O)c3c(O[C@@H]4O[C@@H](CO)[C@@H](O)[C@@H](O)[C@H]4O)cccc31)c1cccc(O)c1C2=O. The molecule has 9 N–H and O–H groups in total. The summed E-state index contributed by atoms with van der Waals surface area (Å²) in [6, 6.07) is 12.3. The number of aromatic hydroxyl groups is 3. The number of carbonyl (C=O) groups excluding carboxylic acids is 2. The maximum atomic E-state index is 14.4. The lowest BCUT2D eigenvalue weighted by molar-refractivity contribution is -0.277. The largest absolute Gasteiger partial charge is 0.507 e. The molecule has 51 heavy (non-hydrogen) atoms. The fraction of sp³-hybridized carbons (Fsp3) is 0.222. The number of rotatable bonds is 6. The Morgan fingerprint density at radius 3 is 1.65 bits per heavy atom. The Balaban J connectivity index is 1.52. The van der Waals surface area contributed by atoms with Crippen LogP contribution in [0, 0.1) is 0 Å². The highest BCUT2D eigenvalue weighted by atomic mass is 16.7. The van der Waals surface area contributed by atoms with Gasteiger partial charge in [-0.3, -0.25) is 9.59 Å². The lowest BCUT2D eigenvalue weighted by Crippen LogP contribution is -2.60. The standard InChI is InChI=1S/C36H28O15/c37-11-22-29(41)32(44)33(45)36(51-22)50-21-6-2-4-15-24(17-8-13(35(48)49)10-20(40)27(17)31(43)28(15)21)23-14-3-1-5-18(38)25(14)30(42)26-16(23)7-12(34(46)47)9-19(26)39/h1-10,22-24,29,32-33,36-41,44-45H,11H2,(H,46,47)(H,48,49)/t22-,23+,24-,29+,32+,33+,36+/m0/s1. The van der Waals surface area contributed by atoms with Gasteiger partial charge < -0.3 is 55.4 Å². The van der Waals surface area contributed by atoms with Crippen molar-refractivity contribution in [1.29, 1.82) is 0 Å². The smallest absolute Gasteiger partial charge is 0.335 e. The second kappa shape index (κ2) is 12.2. The van der Waals surface area contributed by atoms with Crippen molar-refractivity contribution in [2.45, 2.75) is 42.5 Å². The summed E-state index contributed by atoms with van der Waals surface area (Å²) in [7, 11) is 0. The number of aliphatic hydroxyl groups excluding tert-OH is 4. The molecule has 0 unspecified atom stereocenters. The number of aliphatic hydroxyl groups is 4. The van der Waals surface area contributed by atoms with E-state index in [2.05, 4.69) is 0 Å². The number of carboxylic acid groups (broad SMARTS) is 2. The summed E-state index contributed by atoms with van der Waals surface area (Å²) in [5, 5.41) is 94.1. The first-order valence-corrected chi connectivity index (χ1v) is 15.5. The summed E-state index contributed by atoms with van der Waals surface area (Å²) in [6.45, 7) is -0.775. The number of fused-ring (bicyclic) bond motifs is 4. The predicted molar refractivity (Wildman–Crippen MR) is 170 cm³/mol. The summed E-state index contributed by atoms with van der Waals surface area (Å²) in [6.07, 6.45) is -8.55. The molecule has 2 aliphatic carbocycles. The topological polar surface area (TPSA) is 269 Å². The van der Waals surface area contributed by atoms with Crippen molar-refractivity contribution in [3.8, 4) is 23.0 Å². The third kappa shape index (κ3) is 5.09. The third-order valence-corrected chi connectivity index (χ3v) is 9.60. The van der Waals surface area contributed by atoms with Crippen molar-refractivity contribution >= 4 is 23.5 Å². The lowest BCUT2D eigenvalue weighted by Gasteiger charge is -2.41. The molecule has 4 aromatic carbocycles. The maximum absolute atomic E-state index is 14.4. The van der Waals surface area contributed by atoms with Crippen molar-refractivity contribution in [3.63, 3.8) is 0 Å². The van der Waals surface area contributed by atoms with Gasteiger partial charge in [-0.2, -0.15) is 0 Å². The monoisotopic (exact) mass is 700 g/mol. The van der Waals surface area contributed by atoms with Crippen molar-refractivity contribution < 1.29 is 74.6 Å². The Kier molecular flexibility index (Phi) is 8.04. The van der Waals surface area contributed by atoms with Gasteiger partial charge in [0.2, 0.25) is 17.9 Å². The molecular formula is C36H28O15. The number of ether oxygens (including phenoxy) is 2. The Morgan fingerprint density at radius 1 is 0.627 bits per heavy atom. The summed E-state index contributed by atoms with van der Waals surface area (Å²) >= 11 is 0. The fourth-order valence-corrected chi connectivity index (χ4v) is 7.34. The molecule has 262 valence electrons. The van der Waals surface area contributed by atoms with Gasteiger partial charge in [0.1, 0.15) is 47.4 Å².